The number of amides is 1. The molecule has 1 N–H and O–H groups in total. The summed E-state index contributed by atoms with van der Waals surface area (Å²) in [7, 11) is -0.596. The van der Waals surface area contributed by atoms with Gasteiger partial charge in [0.25, 0.3) is 0 Å². The molecule has 164 valence electrons. The number of ketones is 1. The van der Waals surface area contributed by atoms with Gasteiger partial charge in [0.1, 0.15) is 11.4 Å². The van der Waals surface area contributed by atoms with Crippen LogP contribution >= 0.6 is 0 Å². The molecule has 7 heteroatoms. The lowest BCUT2D eigenvalue weighted by molar-refractivity contribution is -0.116. The van der Waals surface area contributed by atoms with E-state index in [9.17, 15) is 9.59 Å². The topological polar surface area (TPSA) is 73.9 Å². The van der Waals surface area contributed by atoms with E-state index in [0.717, 1.165) is 16.6 Å². The van der Waals surface area contributed by atoms with E-state index >= 15 is 0 Å². The van der Waals surface area contributed by atoms with Crippen molar-refractivity contribution in [1.82, 2.24) is 5.32 Å². The molecule has 0 bridgehead atoms. The van der Waals surface area contributed by atoms with E-state index in [1.54, 1.807) is 6.92 Å². The largest absolute Gasteiger partial charge is 0.492 e. The summed E-state index contributed by atoms with van der Waals surface area (Å²) in [4.78, 5) is 23.5. The highest BCUT2D eigenvalue weighted by Gasteiger charge is 2.52. The molecule has 30 heavy (non-hydrogen) atoms. The molecule has 0 radical (unpaired) electrons. The maximum atomic E-state index is 12.2. The first-order valence-corrected chi connectivity index (χ1v) is 10.3. The van der Waals surface area contributed by atoms with Gasteiger partial charge in [-0.25, -0.2) is 4.79 Å². The zero-order valence-corrected chi connectivity index (χ0v) is 19.4. The van der Waals surface area contributed by atoms with Gasteiger partial charge in [-0.1, -0.05) is 30.3 Å². The van der Waals surface area contributed by atoms with E-state index in [2.05, 4.69) is 5.32 Å². The molecule has 0 unspecified atom stereocenters. The van der Waals surface area contributed by atoms with Gasteiger partial charge in [0.2, 0.25) is 0 Å². The van der Waals surface area contributed by atoms with Crippen molar-refractivity contribution < 1.29 is 23.6 Å². The maximum Gasteiger partial charge on any atom is 0.492 e. The van der Waals surface area contributed by atoms with Crippen LogP contribution in [0, 0.1) is 0 Å². The first kappa shape index (κ1) is 24.2. The monoisotopic (exact) mass is 415 g/mol. The number of ether oxygens (including phenoxy) is 1. The SMILES string of the molecule is CC(=O)Cc1ccc(C=C(CNC(=O)OC(C)(C)C)B2OC(C)(C)C(C)(C)O2)cc1. The molecule has 1 heterocycles. The van der Waals surface area contributed by atoms with Crippen LogP contribution in [0.5, 0.6) is 0 Å². The first-order valence-electron chi connectivity index (χ1n) is 10.3. The molecule has 1 amide bonds. The van der Waals surface area contributed by atoms with Crippen molar-refractivity contribution in [2.75, 3.05) is 6.54 Å². The van der Waals surface area contributed by atoms with Gasteiger partial charge in [-0.2, -0.15) is 0 Å². The quantitative estimate of drug-likeness (QED) is 0.699. The smallest absolute Gasteiger partial charge is 0.444 e. The minimum absolute atomic E-state index is 0.123. The zero-order valence-electron chi connectivity index (χ0n) is 19.4. The molecule has 1 aliphatic heterocycles. The number of Topliss-reactive ketones (excluding diaryl/α,β-unsaturated/α-hetero) is 1. The molecule has 0 aliphatic carbocycles. The Morgan fingerprint density at radius 3 is 2.07 bits per heavy atom. The third kappa shape index (κ3) is 6.71. The van der Waals surface area contributed by atoms with Crippen LogP contribution in [-0.2, 0) is 25.3 Å². The Morgan fingerprint density at radius 1 is 1.07 bits per heavy atom. The Balaban J connectivity index is 2.24. The molecule has 2 rings (SSSR count). The van der Waals surface area contributed by atoms with E-state index in [4.69, 9.17) is 14.0 Å². The van der Waals surface area contributed by atoms with Crippen molar-refractivity contribution in [3.05, 3.63) is 40.9 Å². The van der Waals surface area contributed by atoms with Crippen LogP contribution in [0.4, 0.5) is 4.79 Å². The molecule has 1 aliphatic rings. The summed E-state index contributed by atoms with van der Waals surface area (Å²) in [5.41, 5.74) is 1.10. The van der Waals surface area contributed by atoms with Crippen LogP contribution in [0.15, 0.2) is 29.7 Å². The van der Waals surface area contributed by atoms with Crippen molar-refractivity contribution in [3.63, 3.8) is 0 Å². The van der Waals surface area contributed by atoms with Gasteiger partial charge in [0.05, 0.1) is 11.2 Å². The lowest BCUT2D eigenvalue weighted by atomic mass is 9.77. The van der Waals surface area contributed by atoms with Crippen LogP contribution in [0.3, 0.4) is 0 Å². The molecule has 1 fully saturated rings. The van der Waals surface area contributed by atoms with E-state index < -0.39 is 30.0 Å². The highest BCUT2D eigenvalue weighted by molar-refractivity contribution is 6.56. The average Bonchev–Trinajstić information content (AvgIpc) is 2.78. The van der Waals surface area contributed by atoms with Crippen LogP contribution < -0.4 is 5.32 Å². The standard InChI is InChI=1S/C23H34BNO5/c1-16(26)13-17-9-11-18(12-10-17)14-19(15-25-20(27)28-21(2,3)4)24-29-22(5,6)23(7,8)30-24/h9-12,14H,13,15H2,1-8H3,(H,25,27). The number of benzene rings is 1. The minimum atomic E-state index is -0.596. The molecule has 1 aromatic carbocycles. The lowest BCUT2D eigenvalue weighted by Gasteiger charge is -2.32. The van der Waals surface area contributed by atoms with Crippen LogP contribution in [0.2, 0.25) is 0 Å². The minimum Gasteiger partial charge on any atom is -0.444 e. The predicted octanol–water partition coefficient (Wildman–Crippen LogP) is 4.36. The van der Waals surface area contributed by atoms with Crippen LogP contribution in [0.1, 0.15) is 66.5 Å². The Hall–Kier alpha value is -2.12. The van der Waals surface area contributed by atoms with E-state index in [1.807, 2.05) is 78.8 Å². The second-order valence-electron chi connectivity index (χ2n) is 9.78. The average molecular weight is 415 g/mol. The molecular formula is C23H34BNO5. The second kappa shape index (κ2) is 8.94. The van der Waals surface area contributed by atoms with E-state index in [1.165, 1.54) is 0 Å². The molecule has 0 atom stereocenters. The van der Waals surface area contributed by atoms with Gasteiger partial charge >= 0.3 is 13.2 Å². The molecule has 0 saturated carbocycles. The zero-order chi connectivity index (χ0) is 22.7. The first-order chi connectivity index (χ1) is 13.7. The number of rotatable bonds is 6. The van der Waals surface area contributed by atoms with E-state index in [0.29, 0.717) is 6.42 Å². The van der Waals surface area contributed by atoms with Crippen molar-refractivity contribution in [3.8, 4) is 0 Å². The fourth-order valence-electron chi connectivity index (χ4n) is 2.92. The number of carbonyl (C=O) groups excluding carboxylic acids is 2. The highest BCUT2D eigenvalue weighted by Crippen LogP contribution is 2.38. The molecule has 1 aromatic rings. The Labute approximate surface area is 180 Å². The van der Waals surface area contributed by atoms with Crippen LogP contribution in [-0.4, -0.2) is 42.3 Å². The number of carbonyl (C=O) groups is 2. The molecule has 1 saturated heterocycles. The summed E-state index contributed by atoms with van der Waals surface area (Å²) in [6, 6.07) is 7.74. The third-order valence-corrected chi connectivity index (χ3v) is 5.18. The fourth-order valence-corrected chi connectivity index (χ4v) is 2.92. The number of hydrogen-bond acceptors (Lipinski definition) is 5. The molecular weight excluding hydrogens is 381 g/mol. The summed E-state index contributed by atoms with van der Waals surface area (Å²) in [6.07, 6.45) is 1.85. The van der Waals surface area contributed by atoms with Gasteiger partial charge in [-0.05, 0) is 72.0 Å². The van der Waals surface area contributed by atoms with Crippen molar-refractivity contribution >= 4 is 25.1 Å². The van der Waals surface area contributed by atoms with Gasteiger partial charge < -0.3 is 19.4 Å². The number of alkyl carbamates (subject to hydrolysis) is 1. The summed E-state index contributed by atoms with van der Waals surface area (Å²) < 4.78 is 17.7. The van der Waals surface area contributed by atoms with Gasteiger partial charge in [-0.3, -0.25) is 4.79 Å². The normalized spacial score (nSPS) is 18.3. The van der Waals surface area contributed by atoms with Crippen molar-refractivity contribution in [1.29, 1.82) is 0 Å². The summed E-state index contributed by atoms with van der Waals surface area (Å²) in [6.45, 7) is 15.2. The number of hydrogen-bond donors (Lipinski definition) is 1. The lowest BCUT2D eigenvalue weighted by Crippen LogP contribution is -2.41. The Bertz CT molecular complexity index is 790. The van der Waals surface area contributed by atoms with Crippen molar-refractivity contribution in [2.24, 2.45) is 0 Å². The summed E-state index contributed by atoms with van der Waals surface area (Å²) in [5, 5.41) is 2.79. The number of nitrogens with one attached hydrogen (secondary N) is 1. The summed E-state index contributed by atoms with van der Waals surface area (Å²) in [5.74, 6) is 0.123. The van der Waals surface area contributed by atoms with Crippen LogP contribution in [0.25, 0.3) is 6.08 Å². The molecule has 0 aromatic heterocycles. The molecule has 6 nitrogen and oxygen atoms in total. The Morgan fingerprint density at radius 2 is 1.60 bits per heavy atom. The van der Waals surface area contributed by atoms with Gasteiger partial charge in [0, 0.05) is 13.0 Å². The predicted molar refractivity (Wildman–Crippen MR) is 119 cm³/mol. The Kier molecular flexibility index (Phi) is 7.20. The van der Waals surface area contributed by atoms with Gasteiger partial charge in [0.15, 0.2) is 0 Å². The molecule has 0 spiro atoms. The highest BCUT2D eigenvalue weighted by atomic mass is 16.7. The maximum absolute atomic E-state index is 12.2. The summed E-state index contributed by atoms with van der Waals surface area (Å²) >= 11 is 0. The van der Waals surface area contributed by atoms with E-state index in [-0.39, 0.29) is 12.3 Å². The third-order valence-electron chi connectivity index (χ3n) is 5.18. The fraction of sp³-hybridized carbons (Fsp3) is 0.565. The second-order valence-corrected chi connectivity index (χ2v) is 9.78. The van der Waals surface area contributed by atoms with Crippen molar-refractivity contribution in [2.45, 2.75) is 78.6 Å². The van der Waals surface area contributed by atoms with Gasteiger partial charge in [-0.15, -0.1) is 0 Å².